The summed E-state index contributed by atoms with van der Waals surface area (Å²) in [5.74, 6) is 0.161. The standard InChI is InChI=1S/C18H24N2O/c1-6-20(7-2)18(4,5)17(21)15-10-11-16-14(12-15)9-8-13(3)19-16/h8-12H,6-7H2,1-5H3. The zero-order valence-corrected chi connectivity index (χ0v) is 13.6. The van der Waals surface area contributed by atoms with Crippen LogP contribution in [0.4, 0.5) is 0 Å². The molecule has 1 aromatic carbocycles. The molecule has 0 aliphatic rings. The van der Waals surface area contributed by atoms with E-state index in [0.29, 0.717) is 0 Å². The zero-order chi connectivity index (χ0) is 15.6. The van der Waals surface area contributed by atoms with Crippen molar-refractivity contribution in [3.05, 3.63) is 41.6 Å². The van der Waals surface area contributed by atoms with Crippen molar-refractivity contribution in [1.29, 1.82) is 0 Å². The van der Waals surface area contributed by atoms with E-state index in [2.05, 4.69) is 23.7 Å². The number of nitrogens with zero attached hydrogens (tertiary/aromatic N) is 2. The van der Waals surface area contributed by atoms with Gasteiger partial charge in [-0.1, -0.05) is 19.9 Å². The second kappa shape index (κ2) is 5.94. The Hall–Kier alpha value is -1.74. The summed E-state index contributed by atoms with van der Waals surface area (Å²) >= 11 is 0. The summed E-state index contributed by atoms with van der Waals surface area (Å²) < 4.78 is 0. The smallest absolute Gasteiger partial charge is 0.182 e. The molecule has 1 heterocycles. The predicted octanol–water partition coefficient (Wildman–Crippen LogP) is 3.85. The number of hydrogen-bond acceptors (Lipinski definition) is 3. The van der Waals surface area contributed by atoms with Gasteiger partial charge in [-0.2, -0.15) is 0 Å². The molecule has 3 nitrogen and oxygen atoms in total. The van der Waals surface area contributed by atoms with Gasteiger partial charge >= 0.3 is 0 Å². The highest BCUT2D eigenvalue weighted by molar-refractivity contribution is 6.04. The molecule has 0 saturated carbocycles. The van der Waals surface area contributed by atoms with E-state index in [-0.39, 0.29) is 5.78 Å². The molecule has 3 heteroatoms. The van der Waals surface area contributed by atoms with E-state index in [4.69, 9.17) is 0 Å². The Labute approximate surface area is 127 Å². The van der Waals surface area contributed by atoms with Crippen LogP contribution in [0.1, 0.15) is 43.7 Å². The summed E-state index contributed by atoms with van der Waals surface area (Å²) in [6.45, 7) is 11.9. The molecule has 0 fully saturated rings. The van der Waals surface area contributed by atoms with Crippen LogP contribution < -0.4 is 0 Å². The molecular formula is C18H24N2O. The third-order valence-corrected chi connectivity index (χ3v) is 4.20. The van der Waals surface area contributed by atoms with Crippen molar-refractivity contribution in [1.82, 2.24) is 9.88 Å². The van der Waals surface area contributed by atoms with Gasteiger partial charge in [-0.15, -0.1) is 0 Å². The molecule has 112 valence electrons. The zero-order valence-electron chi connectivity index (χ0n) is 13.6. The lowest BCUT2D eigenvalue weighted by Crippen LogP contribution is -2.49. The van der Waals surface area contributed by atoms with Gasteiger partial charge in [-0.3, -0.25) is 14.7 Å². The molecular weight excluding hydrogens is 260 g/mol. The summed E-state index contributed by atoms with van der Waals surface area (Å²) in [6.07, 6.45) is 0. The minimum atomic E-state index is -0.491. The first kappa shape index (κ1) is 15.6. The minimum absolute atomic E-state index is 0.161. The summed E-state index contributed by atoms with van der Waals surface area (Å²) in [5.41, 5.74) is 2.19. The molecule has 0 spiro atoms. The van der Waals surface area contributed by atoms with Gasteiger partial charge in [0.2, 0.25) is 0 Å². The number of carbonyl (C=O) groups excluding carboxylic acids is 1. The Morgan fingerprint density at radius 1 is 1.14 bits per heavy atom. The number of likely N-dealkylation sites (N-methyl/N-ethyl adjacent to an activating group) is 1. The molecule has 2 rings (SSSR count). The maximum absolute atomic E-state index is 12.9. The number of hydrogen-bond donors (Lipinski definition) is 0. The van der Waals surface area contributed by atoms with Crippen molar-refractivity contribution < 1.29 is 4.79 Å². The molecule has 0 unspecified atom stereocenters. The molecule has 0 radical (unpaired) electrons. The SMILES string of the molecule is CCN(CC)C(C)(C)C(=O)c1ccc2nc(C)ccc2c1. The fourth-order valence-electron chi connectivity index (χ4n) is 2.88. The highest BCUT2D eigenvalue weighted by Crippen LogP contribution is 2.23. The third-order valence-electron chi connectivity index (χ3n) is 4.20. The van der Waals surface area contributed by atoms with E-state index in [9.17, 15) is 4.79 Å². The molecule has 0 aliphatic heterocycles. The number of fused-ring (bicyclic) bond motifs is 1. The normalized spacial score (nSPS) is 12.1. The highest BCUT2D eigenvalue weighted by Gasteiger charge is 2.33. The van der Waals surface area contributed by atoms with Gasteiger partial charge in [-0.05, 0) is 58.1 Å². The van der Waals surface area contributed by atoms with E-state index >= 15 is 0 Å². The van der Waals surface area contributed by atoms with Crippen LogP contribution in [0.25, 0.3) is 10.9 Å². The van der Waals surface area contributed by atoms with Crippen LogP contribution in [0.3, 0.4) is 0 Å². The van der Waals surface area contributed by atoms with Gasteiger partial charge in [0.1, 0.15) is 0 Å². The van der Waals surface area contributed by atoms with Gasteiger partial charge in [0, 0.05) is 16.6 Å². The van der Waals surface area contributed by atoms with Crippen molar-refractivity contribution in [2.75, 3.05) is 13.1 Å². The maximum atomic E-state index is 12.9. The van der Waals surface area contributed by atoms with E-state index in [1.54, 1.807) is 0 Å². The lowest BCUT2D eigenvalue weighted by Gasteiger charge is -2.35. The first-order valence-electron chi connectivity index (χ1n) is 7.57. The second-order valence-corrected chi connectivity index (χ2v) is 5.92. The minimum Gasteiger partial charge on any atom is -0.292 e. The topological polar surface area (TPSA) is 33.2 Å². The summed E-state index contributed by atoms with van der Waals surface area (Å²) in [6, 6.07) is 9.79. The van der Waals surface area contributed by atoms with Gasteiger partial charge in [-0.25, -0.2) is 0 Å². The molecule has 0 aliphatic carbocycles. The molecule has 2 aromatic rings. The van der Waals surface area contributed by atoms with Crippen molar-refractivity contribution in [2.45, 2.75) is 40.2 Å². The lowest BCUT2D eigenvalue weighted by molar-refractivity contribution is 0.0669. The number of benzene rings is 1. The van der Waals surface area contributed by atoms with Crippen molar-refractivity contribution >= 4 is 16.7 Å². The fraction of sp³-hybridized carbons (Fsp3) is 0.444. The largest absolute Gasteiger partial charge is 0.292 e. The average molecular weight is 284 g/mol. The lowest BCUT2D eigenvalue weighted by atomic mass is 9.90. The maximum Gasteiger partial charge on any atom is 0.182 e. The molecule has 0 amide bonds. The van der Waals surface area contributed by atoms with Crippen LogP contribution in [0.5, 0.6) is 0 Å². The van der Waals surface area contributed by atoms with E-state index in [1.807, 2.05) is 51.1 Å². The predicted molar refractivity (Wildman–Crippen MR) is 87.8 cm³/mol. The Morgan fingerprint density at radius 2 is 1.81 bits per heavy atom. The monoisotopic (exact) mass is 284 g/mol. The van der Waals surface area contributed by atoms with Crippen LogP contribution in [0.15, 0.2) is 30.3 Å². The Balaban J connectivity index is 2.41. The van der Waals surface area contributed by atoms with E-state index < -0.39 is 5.54 Å². The number of pyridine rings is 1. The van der Waals surface area contributed by atoms with Gasteiger partial charge in [0.15, 0.2) is 5.78 Å². The average Bonchev–Trinajstić information content (AvgIpc) is 2.46. The molecule has 0 saturated heterocycles. The number of aromatic nitrogens is 1. The Morgan fingerprint density at radius 3 is 2.43 bits per heavy atom. The first-order valence-corrected chi connectivity index (χ1v) is 7.57. The van der Waals surface area contributed by atoms with Gasteiger partial charge in [0.05, 0.1) is 11.1 Å². The fourth-order valence-corrected chi connectivity index (χ4v) is 2.88. The first-order chi connectivity index (χ1) is 9.90. The number of rotatable bonds is 5. The van der Waals surface area contributed by atoms with E-state index in [0.717, 1.165) is 35.2 Å². The van der Waals surface area contributed by atoms with Crippen molar-refractivity contribution in [2.24, 2.45) is 0 Å². The summed E-state index contributed by atoms with van der Waals surface area (Å²) in [4.78, 5) is 19.5. The summed E-state index contributed by atoms with van der Waals surface area (Å²) in [7, 11) is 0. The van der Waals surface area contributed by atoms with Crippen molar-refractivity contribution in [3.63, 3.8) is 0 Å². The van der Waals surface area contributed by atoms with Gasteiger partial charge < -0.3 is 0 Å². The summed E-state index contributed by atoms with van der Waals surface area (Å²) in [5, 5.41) is 1.02. The van der Waals surface area contributed by atoms with Crippen LogP contribution in [0.2, 0.25) is 0 Å². The van der Waals surface area contributed by atoms with E-state index in [1.165, 1.54) is 0 Å². The highest BCUT2D eigenvalue weighted by atomic mass is 16.1. The second-order valence-electron chi connectivity index (χ2n) is 5.92. The number of ketones is 1. The third kappa shape index (κ3) is 2.98. The molecule has 0 atom stereocenters. The number of carbonyl (C=O) groups is 1. The Bertz CT molecular complexity index is 657. The molecule has 0 N–H and O–H groups in total. The molecule has 21 heavy (non-hydrogen) atoms. The molecule has 0 bridgehead atoms. The van der Waals surface area contributed by atoms with Crippen LogP contribution in [-0.2, 0) is 0 Å². The quantitative estimate of drug-likeness (QED) is 0.782. The number of Topliss-reactive ketones (excluding diaryl/α,β-unsaturated/α-hetero) is 1. The van der Waals surface area contributed by atoms with Crippen LogP contribution in [0, 0.1) is 6.92 Å². The molecule has 1 aromatic heterocycles. The Kier molecular flexibility index (Phi) is 4.43. The van der Waals surface area contributed by atoms with Crippen LogP contribution in [-0.4, -0.2) is 34.3 Å². The van der Waals surface area contributed by atoms with Crippen molar-refractivity contribution in [3.8, 4) is 0 Å². The van der Waals surface area contributed by atoms with Crippen LogP contribution >= 0.6 is 0 Å². The van der Waals surface area contributed by atoms with Gasteiger partial charge in [0.25, 0.3) is 0 Å². The number of aryl methyl sites for hydroxylation is 1.